The van der Waals surface area contributed by atoms with Crippen LogP contribution in [0.2, 0.25) is 0 Å². The molecule has 142 valence electrons. The maximum Gasteiger partial charge on any atom is 0.246 e. The first kappa shape index (κ1) is 19.5. The summed E-state index contributed by atoms with van der Waals surface area (Å²) < 4.78 is 30.1. The first-order valence-corrected chi connectivity index (χ1v) is 11.5. The Hall–Kier alpha value is -1.31. The Kier molecular flexibility index (Phi) is 5.79. The first-order valence-electron chi connectivity index (χ1n) is 9.04. The van der Waals surface area contributed by atoms with E-state index in [4.69, 9.17) is 0 Å². The molecule has 0 amide bonds. The molecule has 1 aliphatic rings. The number of aromatic nitrogens is 2. The maximum atomic E-state index is 13.3. The average molecular weight is 394 g/mol. The van der Waals surface area contributed by atoms with Crippen molar-refractivity contribution in [2.45, 2.75) is 50.3 Å². The Balaban J connectivity index is 1.85. The predicted molar refractivity (Wildman–Crippen MR) is 107 cm³/mol. The molecular formula is C19H27N3O2S2. The molecule has 1 saturated heterocycles. The van der Waals surface area contributed by atoms with E-state index in [2.05, 4.69) is 17.2 Å². The second kappa shape index (κ2) is 7.74. The fourth-order valence-electron chi connectivity index (χ4n) is 3.58. The number of sulfonamides is 1. The van der Waals surface area contributed by atoms with Crippen molar-refractivity contribution < 1.29 is 8.42 Å². The molecule has 1 aromatic carbocycles. The normalized spacial score (nSPS) is 19.7. The van der Waals surface area contributed by atoms with E-state index in [9.17, 15) is 8.42 Å². The number of hydrogen-bond acceptors (Lipinski definition) is 4. The highest BCUT2D eigenvalue weighted by molar-refractivity contribution is 7.99. The summed E-state index contributed by atoms with van der Waals surface area (Å²) in [5, 5.41) is 4.81. The molecule has 5 nitrogen and oxygen atoms in total. The van der Waals surface area contributed by atoms with Gasteiger partial charge in [-0.3, -0.25) is 4.68 Å². The molecule has 0 bridgehead atoms. The molecule has 0 spiro atoms. The maximum absolute atomic E-state index is 13.3. The highest BCUT2D eigenvalue weighted by atomic mass is 32.2. The highest BCUT2D eigenvalue weighted by Gasteiger charge is 2.33. The van der Waals surface area contributed by atoms with Crippen LogP contribution in [0.4, 0.5) is 0 Å². The van der Waals surface area contributed by atoms with E-state index in [1.54, 1.807) is 11.2 Å². The Morgan fingerprint density at radius 2 is 1.85 bits per heavy atom. The van der Waals surface area contributed by atoms with E-state index in [0.717, 1.165) is 17.9 Å². The van der Waals surface area contributed by atoms with Gasteiger partial charge in [-0.1, -0.05) is 30.3 Å². The molecule has 0 N–H and O–H groups in total. The topological polar surface area (TPSA) is 55.2 Å². The van der Waals surface area contributed by atoms with Crippen LogP contribution in [-0.4, -0.2) is 41.3 Å². The molecule has 0 radical (unpaired) electrons. The zero-order chi connectivity index (χ0) is 18.9. The van der Waals surface area contributed by atoms with Gasteiger partial charge in [0.05, 0.1) is 11.4 Å². The van der Waals surface area contributed by atoms with Gasteiger partial charge >= 0.3 is 0 Å². The summed E-state index contributed by atoms with van der Waals surface area (Å²) in [6.45, 7) is 8.76. The van der Waals surface area contributed by atoms with E-state index < -0.39 is 10.0 Å². The highest BCUT2D eigenvalue weighted by Crippen LogP contribution is 2.36. The van der Waals surface area contributed by atoms with Crippen molar-refractivity contribution in [3.63, 3.8) is 0 Å². The van der Waals surface area contributed by atoms with Gasteiger partial charge in [-0.05, 0) is 39.7 Å². The lowest BCUT2D eigenvalue weighted by Crippen LogP contribution is -2.33. The first-order chi connectivity index (χ1) is 12.3. The van der Waals surface area contributed by atoms with Gasteiger partial charge in [-0.15, -0.1) is 0 Å². The van der Waals surface area contributed by atoms with Crippen LogP contribution in [0, 0.1) is 13.8 Å². The van der Waals surface area contributed by atoms with E-state index >= 15 is 0 Å². The van der Waals surface area contributed by atoms with Crippen LogP contribution in [0.15, 0.2) is 35.2 Å². The van der Waals surface area contributed by atoms with Crippen LogP contribution < -0.4 is 0 Å². The van der Waals surface area contributed by atoms with Gasteiger partial charge < -0.3 is 0 Å². The largest absolute Gasteiger partial charge is 0.266 e. The second-order valence-electron chi connectivity index (χ2n) is 7.00. The van der Waals surface area contributed by atoms with Gasteiger partial charge in [0.15, 0.2) is 0 Å². The number of hydrogen-bond donors (Lipinski definition) is 0. The molecule has 1 aromatic heterocycles. The Labute approximate surface area is 160 Å². The van der Waals surface area contributed by atoms with Crippen molar-refractivity contribution in [3.8, 4) is 0 Å². The fourth-order valence-corrected chi connectivity index (χ4v) is 6.74. The molecule has 1 aliphatic heterocycles. The quantitative estimate of drug-likeness (QED) is 0.789. The van der Waals surface area contributed by atoms with Crippen molar-refractivity contribution in [3.05, 3.63) is 47.3 Å². The van der Waals surface area contributed by atoms with Crippen LogP contribution in [-0.2, 0) is 10.0 Å². The monoisotopic (exact) mass is 393 g/mol. The van der Waals surface area contributed by atoms with E-state index in [0.29, 0.717) is 28.9 Å². The van der Waals surface area contributed by atoms with Crippen LogP contribution in [0.1, 0.15) is 48.5 Å². The van der Waals surface area contributed by atoms with Gasteiger partial charge in [-0.25, -0.2) is 8.42 Å². The summed E-state index contributed by atoms with van der Waals surface area (Å²) in [6, 6.07) is 10.5. The number of benzene rings is 1. The molecule has 2 heterocycles. The Bertz CT molecular complexity index is 860. The van der Waals surface area contributed by atoms with E-state index in [-0.39, 0.29) is 6.04 Å². The fraction of sp³-hybridized carbons (Fsp3) is 0.526. The summed E-state index contributed by atoms with van der Waals surface area (Å²) in [7, 11) is -3.53. The minimum Gasteiger partial charge on any atom is -0.266 e. The van der Waals surface area contributed by atoms with Crippen LogP contribution in [0.25, 0.3) is 0 Å². The van der Waals surface area contributed by atoms with Gasteiger partial charge in [0.2, 0.25) is 10.0 Å². The van der Waals surface area contributed by atoms with Crippen LogP contribution in [0.3, 0.4) is 0 Å². The van der Waals surface area contributed by atoms with Crippen molar-refractivity contribution in [1.29, 1.82) is 0 Å². The third-order valence-electron chi connectivity index (χ3n) is 4.82. The number of thioether (sulfide) groups is 1. The van der Waals surface area contributed by atoms with Crippen molar-refractivity contribution >= 4 is 21.8 Å². The number of rotatable bonds is 4. The molecule has 1 unspecified atom stereocenters. The van der Waals surface area contributed by atoms with Crippen molar-refractivity contribution in [1.82, 2.24) is 14.1 Å². The molecule has 1 fully saturated rings. The third-order valence-corrected chi connectivity index (χ3v) is 8.30. The smallest absolute Gasteiger partial charge is 0.246 e. The predicted octanol–water partition coefficient (Wildman–Crippen LogP) is 3.95. The van der Waals surface area contributed by atoms with E-state index in [1.165, 1.54) is 5.56 Å². The molecule has 7 heteroatoms. The van der Waals surface area contributed by atoms with Gasteiger partial charge in [0.25, 0.3) is 0 Å². The molecule has 0 saturated carbocycles. The molecule has 3 rings (SSSR count). The molecular weight excluding hydrogens is 366 g/mol. The minimum absolute atomic E-state index is 0.139. The van der Waals surface area contributed by atoms with Crippen molar-refractivity contribution in [2.24, 2.45) is 0 Å². The average Bonchev–Trinajstić information content (AvgIpc) is 2.77. The third kappa shape index (κ3) is 3.70. The van der Waals surface area contributed by atoms with Gasteiger partial charge in [-0.2, -0.15) is 21.2 Å². The standard InChI is InChI=1S/C19H27N3O2S2/c1-14(2)22-16(4)19(15(3)20-22)26(23,24)21-11-10-18(25-13-12-21)17-8-6-5-7-9-17/h5-9,14,18H,10-13H2,1-4H3. The Morgan fingerprint density at radius 3 is 2.46 bits per heavy atom. The van der Waals surface area contributed by atoms with Crippen molar-refractivity contribution in [2.75, 3.05) is 18.8 Å². The summed E-state index contributed by atoms with van der Waals surface area (Å²) in [4.78, 5) is 0.384. The summed E-state index contributed by atoms with van der Waals surface area (Å²) in [5.41, 5.74) is 2.60. The zero-order valence-electron chi connectivity index (χ0n) is 15.8. The number of aryl methyl sites for hydroxylation is 1. The second-order valence-corrected chi connectivity index (χ2v) is 10.2. The SMILES string of the molecule is Cc1nn(C(C)C)c(C)c1S(=O)(=O)N1CCSC(c2ccccc2)CC1. The zero-order valence-corrected chi connectivity index (χ0v) is 17.5. The van der Waals surface area contributed by atoms with Gasteiger partial charge in [0, 0.05) is 30.1 Å². The number of nitrogens with zero attached hydrogens (tertiary/aromatic N) is 3. The van der Waals surface area contributed by atoms with E-state index in [1.807, 2.05) is 55.4 Å². The summed E-state index contributed by atoms with van der Waals surface area (Å²) >= 11 is 1.84. The molecule has 1 atom stereocenters. The lowest BCUT2D eigenvalue weighted by Gasteiger charge is -2.20. The lowest BCUT2D eigenvalue weighted by atomic mass is 10.1. The van der Waals surface area contributed by atoms with Gasteiger partial charge in [0.1, 0.15) is 4.90 Å². The molecule has 26 heavy (non-hydrogen) atoms. The Morgan fingerprint density at radius 1 is 1.15 bits per heavy atom. The minimum atomic E-state index is -3.53. The van der Waals surface area contributed by atoms with Crippen LogP contribution >= 0.6 is 11.8 Å². The summed E-state index contributed by atoms with van der Waals surface area (Å²) in [5.74, 6) is 0.801. The molecule has 0 aliphatic carbocycles. The summed E-state index contributed by atoms with van der Waals surface area (Å²) in [6.07, 6.45) is 0.824. The van der Waals surface area contributed by atoms with Crippen LogP contribution in [0.5, 0.6) is 0 Å². The molecule has 2 aromatic rings. The lowest BCUT2D eigenvalue weighted by molar-refractivity contribution is 0.427.